The first kappa shape index (κ1) is 11.4. The molecule has 1 heterocycles. The van der Waals surface area contributed by atoms with E-state index in [0.29, 0.717) is 24.5 Å². The number of carbonyl (C=O) groups is 1. The summed E-state index contributed by atoms with van der Waals surface area (Å²) < 4.78 is 0. The third kappa shape index (κ3) is 2.06. The van der Waals surface area contributed by atoms with Crippen molar-refractivity contribution in [2.45, 2.75) is 13.3 Å². The van der Waals surface area contributed by atoms with Crippen LogP contribution < -0.4 is 10.6 Å². The Bertz CT molecular complexity index is 419. The fraction of sp³-hybridized carbons (Fsp3) is 0.417. The van der Waals surface area contributed by atoms with Gasteiger partial charge < -0.3 is 10.6 Å². The van der Waals surface area contributed by atoms with Crippen molar-refractivity contribution in [2.24, 2.45) is 11.7 Å². The first-order valence-electron chi connectivity index (χ1n) is 5.38. The minimum absolute atomic E-state index is 0.135. The second-order valence-electron chi connectivity index (χ2n) is 4.24. The lowest BCUT2D eigenvalue weighted by Gasteiger charge is -2.17. The zero-order chi connectivity index (χ0) is 11.7. The van der Waals surface area contributed by atoms with Crippen molar-refractivity contribution in [1.29, 1.82) is 0 Å². The van der Waals surface area contributed by atoms with Crippen LogP contribution in [0.5, 0.6) is 0 Å². The molecule has 0 bridgehead atoms. The normalized spacial score (nSPS) is 20.6. The average molecular weight is 239 g/mol. The lowest BCUT2D eigenvalue weighted by Crippen LogP contribution is -2.25. The number of rotatable bonds is 2. The lowest BCUT2D eigenvalue weighted by atomic mass is 10.1. The second-order valence-corrected chi connectivity index (χ2v) is 4.65. The number of carbonyl (C=O) groups excluding carboxylic acids is 1. The molecule has 2 N–H and O–H groups in total. The smallest absolute Gasteiger partial charge is 0.227 e. The van der Waals surface area contributed by atoms with Gasteiger partial charge in [-0.3, -0.25) is 4.79 Å². The molecule has 0 saturated carbocycles. The molecule has 0 aromatic heterocycles. The average Bonchev–Trinajstić information content (AvgIpc) is 2.64. The molecule has 1 atom stereocenters. The minimum Gasteiger partial charge on any atom is -0.330 e. The molecule has 0 radical (unpaired) electrons. The van der Waals surface area contributed by atoms with E-state index in [1.54, 1.807) is 4.90 Å². The van der Waals surface area contributed by atoms with Gasteiger partial charge in [-0.2, -0.15) is 0 Å². The highest BCUT2D eigenvalue weighted by Gasteiger charge is 2.29. The summed E-state index contributed by atoms with van der Waals surface area (Å²) in [5.74, 6) is 0.406. The van der Waals surface area contributed by atoms with Gasteiger partial charge in [-0.1, -0.05) is 17.7 Å². The summed E-state index contributed by atoms with van der Waals surface area (Å²) in [6.07, 6.45) is 0.544. The fourth-order valence-electron chi connectivity index (χ4n) is 1.94. The Morgan fingerprint density at radius 2 is 2.31 bits per heavy atom. The Morgan fingerprint density at radius 3 is 2.88 bits per heavy atom. The van der Waals surface area contributed by atoms with Crippen LogP contribution in [0.15, 0.2) is 18.2 Å². The number of benzene rings is 1. The van der Waals surface area contributed by atoms with E-state index in [9.17, 15) is 4.79 Å². The predicted octanol–water partition coefficient (Wildman–Crippen LogP) is 1.96. The standard InChI is InChI=1S/C12H15ClN2O/c1-8-2-3-10(5-11(8)13)15-7-9(6-14)4-12(15)16/h2-3,5,9H,4,6-7,14H2,1H3. The Kier molecular flexibility index (Phi) is 3.17. The third-order valence-electron chi connectivity index (χ3n) is 3.01. The van der Waals surface area contributed by atoms with E-state index >= 15 is 0 Å². The van der Waals surface area contributed by atoms with Crippen LogP contribution >= 0.6 is 11.6 Å². The number of nitrogens with zero attached hydrogens (tertiary/aromatic N) is 1. The number of halogens is 1. The second kappa shape index (κ2) is 4.44. The Labute approximate surface area is 100 Å². The molecule has 0 aliphatic carbocycles. The van der Waals surface area contributed by atoms with E-state index in [-0.39, 0.29) is 11.8 Å². The topological polar surface area (TPSA) is 46.3 Å². The summed E-state index contributed by atoms with van der Waals surface area (Å²) in [5, 5.41) is 0.696. The van der Waals surface area contributed by atoms with Crippen molar-refractivity contribution >= 4 is 23.2 Å². The van der Waals surface area contributed by atoms with Crippen molar-refractivity contribution in [3.8, 4) is 0 Å². The number of amides is 1. The summed E-state index contributed by atoms with van der Waals surface area (Å²) in [6, 6.07) is 5.70. The van der Waals surface area contributed by atoms with Gasteiger partial charge in [-0.05, 0) is 37.1 Å². The summed E-state index contributed by atoms with van der Waals surface area (Å²) >= 11 is 6.05. The van der Waals surface area contributed by atoms with Gasteiger partial charge in [0.05, 0.1) is 0 Å². The molecule has 1 amide bonds. The maximum atomic E-state index is 11.8. The quantitative estimate of drug-likeness (QED) is 0.856. The molecule has 1 fully saturated rings. The van der Waals surface area contributed by atoms with Crippen LogP contribution in [0.1, 0.15) is 12.0 Å². The van der Waals surface area contributed by atoms with E-state index in [1.165, 1.54) is 0 Å². The highest BCUT2D eigenvalue weighted by atomic mass is 35.5. The third-order valence-corrected chi connectivity index (χ3v) is 3.41. The number of nitrogens with two attached hydrogens (primary N) is 1. The Morgan fingerprint density at radius 1 is 1.56 bits per heavy atom. The van der Waals surface area contributed by atoms with Crippen molar-refractivity contribution in [1.82, 2.24) is 0 Å². The van der Waals surface area contributed by atoms with Gasteiger partial charge in [0, 0.05) is 23.7 Å². The van der Waals surface area contributed by atoms with E-state index in [1.807, 2.05) is 25.1 Å². The van der Waals surface area contributed by atoms with Crippen LogP contribution in [-0.2, 0) is 4.79 Å². The molecule has 16 heavy (non-hydrogen) atoms. The zero-order valence-electron chi connectivity index (χ0n) is 9.24. The van der Waals surface area contributed by atoms with Gasteiger partial charge in [0.25, 0.3) is 0 Å². The zero-order valence-corrected chi connectivity index (χ0v) is 10.00. The SMILES string of the molecule is Cc1ccc(N2CC(CN)CC2=O)cc1Cl. The highest BCUT2D eigenvalue weighted by molar-refractivity contribution is 6.31. The molecule has 1 aromatic rings. The maximum absolute atomic E-state index is 11.8. The molecule has 1 aromatic carbocycles. The summed E-state index contributed by atoms with van der Waals surface area (Å²) in [7, 11) is 0. The van der Waals surface area contributed by atoms with E-state index in [2.05, 4.69) is 0 Å². The molecule has 1 aliphatic heterocycles. The lowest BCUT2D eigenvalue weighted by molar-refractivity contribution is -0.117. The Balaban J connectivity index is 2.24. The number of aryl methyl sites for hydroxylation is 1. The van der Waals surface area contributed by atoms with Gasteiger partial charge in [-0.25, -0.2) is 0 Å². The molecule has 3 nitrogen and oxygen atoms in total. The van der Waals surface area contributed by atoms with Gasteiger partial charge in [0.15, 0.2) is 0 Å². The van der Waals surface area contributed by atoms with Crippen LogP contribution in [0, 0.1) is 12.8 Å². The number of hydrogen-bond acceptors (Lipinski definition) is 2. The van der Waals surface area contributed by atoms with Crippen molar-refractivity contribution in [3.63, 3.8) is 0 Å². The highest BCUT2D eigenvalue weighted by Crippen LogP contribution is 2.28. The number of hydrogen-bond donors (Lipinski definition) is 1. The minimum atomic E-state index is 0.135. The van der Waals surface area contributed by atoms with Crippen LogP contribution in [0.25, 0.3) is 0 Å². The van der Waals surface area contributed by atoms with Gasteiger partial charge in [-0.15, -0.1) is 0 Å². The molecule has 1 saturated heterocycles. The van der Waals surface area contributed by atoms with Crippen molar-refractivity contribution in [3.05, 3.63) is 28.8 Å². The number of anilines is 1. The summed E-state index contributed by atoms with van der Waals surface area (Å²) in [4.78, 5) is 13.5. The van der Waals surface area contributed by atoms with E-state index in [4.69, 9.17) is 17.3 Å². The van der Waals surface area contributed by atoms with Gasteiger partial charge >= 0.3 is 0 Å². The van der Waals surface area contributed by atoms with Crippen molar-refractivity contribution in [2.75, 3.05) is 18.0 Å². The van der Waals surface area contributed by atoms with Gasteiger partial charge in [0.1, 0.15) is 0 Å². The summed E-state index contributed by atoms with van der Waals surface area (Å²) in [6.45, 7) is 3.21. The van der Waals surface area contributed by atoms with Crippen molar-refractivity contribution < 1.29 is 4.79 Å². The van der Waals surface area contributed by atoms with Crippen LogP contribution in [0.2, 0.25) is 5.02 Å². The van der Waals surface area contributed by atoms with E-state index < -0.39 is 0 Å². The first-order valence-corrected chi connectivity index (χ1v) is 5.76. The molecule has 1 aliphatic rings. The molecule has 2 rings (SSSR count). The molecule has 86 valence electrons. The van der Waals surface area contributed by atoms with Gasteiger partial charge in [0.2, 0.25) is 5.91 Å². The van der Waals surface area contributed by atoms with Crippen LogP contribution in [-0.4, -0.2) is 19.0 Å². The fourth-order valence-corrected chi connectivity index (χ4v) is 2.11. The first-order chi connectivity index (χ1) is 7.61. The van der Waals surface area contributed by atoms with E-state index in [0.717, 1.165) is 11.3 Å². The molecule has 0 spiro atoms. The Hall–Kier alpha value is -1.06. The maximum Gasteiger partial charge on any atom is 0.227 e. The van der Waals surface area contributed by atoms with Crippen LogP contribution in [0.4, 0.5) is 5.69 Å². The molecule has 4 heteroatoms. The molecular formula is C12H15ClN2O. The monoisotopic (exact) mass is 238 g/mol. The van der Waals surface area contributed by atoms with Crippen LogP contribution in [0.3, 0.4) is 0 Å². The predicted molar refractivity (Wildman–Crippen MR) is 65.7 cm³/mol. The largest absolute Gasteiger partial charge is 0.330 e. The molecule has 1 unspecified atom stereocenters. The molecular weight excluding hydrogens is 224 g/mol. The summed E-state index contributed by atoms with van der Waals surface area (Å²) in [5.41, 5.74) is 7.48.